The third-order valence-corrected chi connectivity index (χ3v) is 6.04. The van der Waals surface area contributed by atoms with Crippen LogP contribution in [0.4, 0.5) is 4.79 Å². The van der Waals surface area contributed by atoms with Gasteiger partial charge < -0.3 is 30.3 Å². The van der Waals surface area contributed by atoms with Gasteiger partial charge in [0.2, 0.25) is 0 Å². The average molecular weight is 454 g/mol. The number of rotatable bonds is 7. The van der Waals surface area contributed by atoms with Crippen LogP contribution in [0.3, 0.4) is 0 Å². The summed E-state index contributed by atoms with van der Waals surface area (Å²) in [5.41, 5.74) is 4.42. The Morgan fingerprint density at radius 3 is 2.27 bits per heavy atom. The first kappa shape index (κ1) is 22.8. The van der Waals surface area contributed by atoms with Crippen molar-refractivity contribution in [3.05, 3.63) is 59.7 Å². The number of aliphatic carboxylic acids is 1. The summed E-state index contributed by atoms with van der Waals surface area (Å²) in [6, 6.07) is 13.8. The summed E-state index contributed by atoms with van der Waals surface area (Å²) in [4.78, 5) is 36.3. The van der Waals surface area contributed by atoms with Gasteiger partial charge in [-0.3, -0.25) is 4.79 Å². The number of amides is 2. The highest BCUT2D eigenvalue weighted by molar-refractivity contribution is 5.88. The van der Waals surface area contributed by atoms with Crippen molar-refractivity contribution in [2.75, 3.05) is 13.2 Å². The van der Waals surface area contributed by atoms with Gasteiger partial charge in [-0.05, 0) is 35.6 Å². The maximum atomic E-state index is 12.5. The molecule has 4 N–H and O–H groups in total. The van der Waals surface area contributed by atoms with Crippen molar-refractivity contribution >= 4 is 18.0 Å². The Morgan fingerprint density at radius 1 is 1.09 bits per heavy atom. The van der Waals surface area contributed by atoms with Crippen LogP contribution in [0.25, 0.3) is 11.1 Å². The molecule has 2 aromatic rings. The predicted molar refractivity (Wildman–Crippen MR) is 118 cm³/mol. The number of nitrogens with one attached hydrogen (secondary N) is 2. The number of hydrogen-bond acceptors (Lipinski definition) is 6. The van der Waals surface area contributed by atoms with Gasteiger partial charge in [-0.15, -0.1) is 0 Å². The molecule has 1 heterocycles. The van der Waals surface area contributed by atoms with Gasteiger partial charge in [0.15, 0.2) is 12.1 Å². The smallest absolute Gasteiger partial charge is 0.407 e. The van der Waals surface area contributed by atoms with Crippen molar-refractivity contribution in [2.45, 2.75) is 43.6 Å². The number of aliphatic hydroxyl groups excluding tert-OH is 1. The van der Waals surface area contributed by atoms with Crippen LogP contribution in [0.15, 0.2) is 48.5 Å². The largest absolute Gasteiger partial charge is 0.480 e. The van der Waals surface area contributed by atoms with Gasteiger partial charge >= 0.3 is 12.1 Å². The van der Waals surface area contributed by atoms with E-state index in [0.29, 0.717) is 6.42 Å². The highest BCUT2D eigenvalue weighted by Gasteiger charge is 2.38. The molecule has 9 nitrogen and oxygen atoms in total. The van der Waals surface area contributed by atoms with Gasteiger partial charge in [-0.25, -0.2) is 9.59 Å². The van der Waals surface area contributed by atoms with Crippen molar-refractivity contribution in [3.8, 4) is 11.1 Å². The molecular weight excluding hydrogens is 428 g/mol. The van der Waals surface area contributed by atoms with Crippen LogP contribution in [-0.2, 0) is 19.1 Å². The third kappa shape index (κ3) is 4.69. The van der Waals surface area contributed by atoms with Gasteiger partial charge in [0.05, 0.1) is 12.1 Å². The van der Waals surface area contributed by atoms with Gasteiger partial charge in [-0.1, -0.05) is 48.5 Å². The lowest BCUT2D eigenvalue weighted by Crippen LogP contribution is -2.54. The highest BCUT2D eigenvalue weighted by Crippen LogP contribution is 2.44. The summed E-state index contributed by atoms with van der Waals surface area (Å²) in [6.07, 6.45) is -2.68. The van der Waals surface area contributed by atoms with Crippen LogP contribution >= 0.6 is 0 Å². The highest BCUT2D eigenvalue weighted by atomic mass is 16.6. The maximum Gasteiger partial charge on any atom is 0.407 e. The lowest BCUT2D eigenvalue weighted by Gasteiger charge is -2.23. The van der Waals surface area contributed by atoms with Gasteiger partial charge in [-0.2, -0.15) is 0 Å². The van der Waals surface area contributed by atoms with Crippen molar-refractivity contribution in [1.29, 1.82) is 0 Å². The van der Waals surface area contributed by atoms with E-state index in [-0.39, 0.29) is 19.1 Å². The van der Waals surface area contributed by atoms with Gasteiger partial charge in [0, 0.05) is 12.5 Å². The molecule has 0 bridgehead atoms. The van der Waals surface area contributed by atoms with E-state index in [1.165, 1.54) is 6.92 Å². The number of aliphatic hydroxyl groups is 1. The van der Waals surface area contributed by atoms with E-state index in [1.54, 1.807) is 0 Å². The van der Waals surface area contributed by atoms with Crippen LogP contribution in [0.2, 0.25) is 0 Å². The molecule has 33 heavy (non-hydrogen) atoms. The molecule has 2 amide bonds. The molecule has 0 saturated carbocycles. The SMILES string of the molecule is C[C@@H](O)[C@H](NC(=O)[C@@H]1OCC[C@@H]1NC(=O)OCC1c2ccccc2-c2ccccc21)C(=O)O. The fourth-order valence-electron chi connectivity index (χ4n) is 4.41. The second kappa shape index (κ2) is 9.60. The number of ether oxygens (including phenoxy) is 2. The monoisotopic (exact) mass is 454 g/mol. The van der Waals surface area contributed by atoms with Crippen LogP contribution < -0.4 is 10.6 Å². The number of carbonyl (C=O) groups is 3. The van der Waals surface area contributed by atoms with E-state index in [1.807, 2.05) is 48.5 Å². The quantitative estimate of drug-likeness (QED) is 0.500. The zero-order valence-corrected chi connectivity index (χ0v) is 18.1. The summed E-state index contributed by atoms with van der Waals surface area (Å²) >= 11 is 0. The van der Waals surface area contributed by atoms with Crippen molar-refractivity contribution in [1.82, 2.24) is 10.6 Å². The minimum Gasteiger partial charge on any atom is -0.480 e. The standard InChI is InChI=1S/C24H26N2O7/c1-13(27)20(23(29)30)26-22(28)21-19(10-11-32-21)25-24(31)33-12-18-16-8-4-2-6-14(16)15-7-3-5-9-17(15)18/h2-9,13,18-21,27H,10-12H2,1H3,(H,25,31)(H,26,28)(H,29,30)/t13-,19+,20+,21-/m1/s1. The van der Waals surface area contributed by atoms with Crippen molar-refractivity contribution in [3.63, 3.8) is 0 Å². The lowest BCUT2D eigenvalue weighted by molar-refractivity contribution is -0.146. The second-order valence-corrected chi connectivity index (χ2v) is 8.22. The molecule has 0 spiro atoms. The van der Waals surface area contributed by atoms with E-state index in [4.69, 9.17) is 14.6 Å². The molecule has 0 aromatic heterocycles. The summed E-state index contributed by atoms with van der Waals surface area (Å²) in [5.74, 6) is -2.17. The molecule has 0 radical (unpaired) electrons. The van der Waals surface area contributed by atoms with Crippen molar-refractivity contribution in [2.24, 2.45) is 0 Å². The molecule has 4 rings (SSSR count). The summed E-state index contributed by atoms with van der Waals surface area (Å²) < 4.78 is 10.9. The number of fused-ring (bicyclic) bond motifs is 3. The Morgan fingerprint density at radius 2 is 1.70 bits per heavy atom. The fraction of sp³-hybridized carbons (Fsp3) is 0.375. The first-order valence-electron chi connectivity index (χ1n) is 10.8. The molecule has 0 unspecified atom stereocenters. The molecule has 1 fully saturated rings. The minimum atomic E-state index is -1.48. The van der Waals surface area contributed by atoms with Crippen LogP contribution in [-0.4, -0.2) is 65.7 Å². The normalized spacial score (nSPS) is 20.9. The Balaban J connectivity index is 1.37. The fourth-order valence-corrected chi connectivity index (χ4v) is 4.41. The summed E-state index contributed by atoms with van der Waals surface area (Å²) in [5, 5.41) is 23.6. The number of benzene rings is 2. The molecule has 2 aliphatic rings. The zero-order chi connectivity index (χ0) is 23.5. The predicted octanol–water partition coefficient (Wildman–Crippen LogP) is 1.63. The van der Waals surface area contributed by atoms with E-state index >= 15 is 0 Å². The van der Waals surface area contributed by atoms with E-state index in [0.717, 1.165) is 22.3 Å². The Bertz CT molecular complexity index is 1010. The zero-order valence-electron chi connectivity index (χ0n) is 18.1. The topological polar surface area (TPSA) is 134 Å². The van der Waals surface area contributed by atoms with Crippen LogP contribution in [0.1, 0.15) is 30.4 Å². The minimum absolute atomic E-state index is 0.0931. The summed E-state index contributed by atoms with van der Waals surface area (Å²) in [7, 11) is 0. The molecule has 1 aliphatic heterocycles. The molecule has 2 aromatic carbocycles. The lowest BCUT2D eigenvalue weighted by atomic mass is 9.98. The third-order valence-electron chi connectivity index (χ3n) is 6.04. The van der Waals surface area contributed by atoms with Crippen LogP contribution in [0.5, 0.6) is 0 Å². The molecule has 1 saturated heterocycles. The molecule has 1 aliphatic carbocycles. The maximum absolute atomic E-state index is 12.5. The van der Waals surface area contributed by atoms with E-state index < -0.39 is 42.3 Å². The van der Waals surface area contributed by atoms with Gasteiger partial charge in [0.1, 0.15) is 6.61 Å². The van der Waals surface area contributed by atoms with E-state index in [9.17, 15) is 19.5 Å². The molecular formula is C24H26N2O7. The van der Waals surface area contributed by atoms with Crippen LogP contribution in [0, 0.1) is 0 Å². The first-order chi connectivity index (χ1) is 15.9. The van der Waals surface area contributed by atoms with E-state index in [2.05, 4.69) is 10.6 Å². The first-order valence-corrected chi connectivity index (χ1v) is 10.8. The molecule has 174 valence electrons. The summed E-state index contributed by atoms with van der Waals surface area (Å²) in [6.45, 7) is 1.62. The number of carboxylic acids is 1. The molecule has 9 heteroatoms. The number of carbonyl (C=O) groups excluding carboxylic acids is 2. The molecule has 4 atom stereocenters. The second-order valence-electron chi connectivity index (χ2n) is 8.22. The van der Waals surface area contributed by atoms with Gasteiger partial charge in [0.25, 0.3) is 5.91 Å². The number of alkyl carbamates (subject to hydrolysis) is 1. The Hall–Kier alpha value is -3.43. The average Bonchev–Trinajstić information content (AvgIpc) is 3.38. The number of carboxylic acid groups (broad SMARTS) is 1. The number of hydrogen-bond donors (Lipinski definition) is 4. The Labute approximate surface area is 190 Å². The van der Waals surface area contributed by atoms with Crippen molar-refractivity contribution < 1.29 is 34.1 Å². The Kier molecular flexibility index (Phi) is 6.62.